The van der Waals surface area contributed by atoms with E-state index in [4.69, 9.17) is 10.8 Å². The normalized spacial score (nSPS) is 12.2. The number of carboxylic acids is 1. The van der Waals surface area contributed by atoms with Crippen molar-refractivity contribution in [3.63, 3.8) is 0 Å². The number of phenols is 2. The summed E-state index contributed by atoms with van der Waals surface area (Å²) in [5, 5.41) is 27.5. The van der Waals surface area contributed by atoms with Crippen LogP contribution in [-0.4, -0.2) is 50.7 Å². The lowest BCUT2D eigenvalue weighted by molar-refractivity contribution is -0.146. The lowest BCUT2D eigenvalue weighted by Crippen LogP contribution is -2.49. The van der Waals surface area contributed by atoms with E-state index in [0.717, 1.165) is 0 Å². The Kier molecular flexibility index (Phi) is 5.54. The number of rotatable bonds is 6. The zero-order valence-electron chi connectivity index (χ0n) is 12.0. The van der Waals surface area contributed by atoms with Crippen molar-refractivity contribution in [2.75, 3.05) is 6.54 Å². The van der Waals surface area contributed by atoms with E-state index in [1.807, 2.05) is 0 Å². The second-order valence-electron chi connectivity index (χ2n) is 5.09. The van der Waals surface area contributed by atoms with Crippen LogP contribution in [0, 0.1) is 0 Å². The minimum absolute atomic E-state index is 0.134. The van der Waals surface area contributed by atoms with Crippen molar-refractivity contribution in [3.8, 4) is 11.5 Å². The van der Waals surface area contributed by atoms with Crippen LogP contribution >= 0.6 is 0 Å². The Bertz CT molecular complexity index is 530. The number of carboxylic acid groups (broad SMARTS) is 1. The van der Waals surface area contributed by atoms with Gasteiger partial charge in [0, 0.05) is 6.04 Å². The smallest absolute Gasteiger partial charge is 0.323 e. The van der Waals surface area contributed by atoms with Crippen molar-refractivity contribution in [2.24, 2.45) is 5.73 Å². The van der Waals surface area contributed by atoms with Crippen molar-refractivity contribution >= 4 is 11.9 Å². The molecule has 1 amide bonds. The van der Waals surface area contributed by atoms with Crippen molar-refractivity contribution < 1.29 is 24.9 Å². The maximum atomic E-state index is 12.2. The van der Waals surface area contributed by atoms with Gasteiger partial charge in [0.25, 0.3) is 0 Å². The predicted octanol–water partition coefficient (Wildman–Crippen LogP) is 0.289. The zero-order chi connectivity index (χ0) is 16.2. The standard InChI is InChI=1S/C14H20N2O5/c1-8(2)16(7-13(19)20)14(21)10(15)5-9-3-4-11(17)12(18)6-9/h3-4,6,8,10,17-18H,5,7,15H2,1-2H3,(H,19,20)/t10-/m0/s1. The third-order valence-corrected chi connectivity index (χ3v) is 3.02. The van der Waals surface area contributed by atoms with Crippen LogP contribution in [0.15, 0.2) is 18.2 Å². The largest absolute Gasteiger partial charge is 0.504 e. The Balaban J connectivity index is 2.80. The molecule has 0 aromatic heterocycles. The highest BCUT2D eigenvalue weighted by Crippen LogP contribution is 2.25. The molecule has 0 unspecified atom stereocenters. The molecule has 0 heterocycles. The number of nitrogens with two attached hydrogens (primary N) is 1. The fraction of sp³-hybridized carbons (Fsp3) is 0.429. The van der Waals surface area contributed by atoms with Gasteiger partial charge in [-0.3, -0.25) is 9.59 Å². The summed E-state index contributed by atoms with van der Waals surface area (Å²) < 4.78 is 0. The van der Waals surface area contributed by atoms with Crippen LogP contribution in [0.3, 0.4) is 0 Å². The molecule has 0 aliphatic heterocycles. The van der Waals surface area contributed by atoms with Crippen LogP contribution in [-0.2, 0) is 16.0 Å². The first-order valence-electron chi connectivity index (χ1n) is 6.51. The number of carbonyl (C=O) groups excluding carboxylic acids is 1. The summed E-state index contributed by atoms with van der Waals surface area (Å²) in [7, 11) is 0. The second-order valence-corrected chi connectivity index (χ2v) is 5.09. The number of carbonyl (C=O) groups is 2. The molecule has 0 bridgehead atoms. The maximum Gasteiger partial charge on any atom is 0.323 e. The van der Waals surface area contributed by atoms with E-state index in [9.17, 15) is 19.8 Å². The van der Waals surface area contributed by atoms with E-state index in [-0.39, 0.29) is 24.0 Å². The van der Waals surface area contributed by atoms with Crippen LogP contribution in [0.2, 0.25) is 0 Å². The number of phenolic OH excluding ortho intramolecular Hbond substituents is 2. The molecule has 5 N–H and O–H groups in total. The number of aromatic hydroxyl groups is 2. The van der Waals surface area contributed by atoms with Gasteiger partial charge in [-0.1, -0.05) is 6.07 Å². The average Bonchev–Trinajstić information content (AvgIpc) is 2.39. The molecular formula is C14H20N2O5. The Morgan fingerprint density at radius 1 is 1.24 bits per heavy atom. The molecule has 1 aromatic carbocycles. The minimum Gasteiger partial charge on any atom is -0.504 e. The highest BCUT2D eigenvalue weighted by molar-refractivity contribution is 5.85. The SMILES string of the molecule is CC(C)N(CC(=O)O)C(=O)[C@@H](N)Cc1ccc(O)c(O)c1. The summed E-state index contributed by atoms with van der Waals surface area (Å²) >= 11 is 0. The van der Waals surface area contributed by atoms with E-state index in [0.29, 0.717) is 5.56 Å². The molecule has 7 heteroatoms. The van der Waals surface area contributed by atoms with Gasteiger partial charge in [-0.25, -0.2) is 0 Å². The van der Waals surface area contributed by atoms with Crippen LogP contribution < -0.4 is 5.73 Å². The van der Waals surface area contributed by atoms with Gasteiger partial charge in [-0.05, 0) is 38.0 Å². The molecule has 0 saturated carbocycles. The molecule has 0 aliphatic carbocycles. The van der Waals surface area contributed by atoms with Crippen molar-refractivity contribution in [3.05, 3.63) is 23.8 Å². The number of benzene rings is 1. The predicted molar refractivity (Wildman–Crippen MR) is 75.9 cm³/mol. The van der Waals surface area contributed by atoms with Gasteiger partial charge in [0.15, 0.2) is 11.5 Å². The quantitative estimate of drug-likeness (QED) is 0.559. The second kappa shape index (κ2) is 6.94. The summed E-state index contributed by atoms with van der Waals surface area (Å²) in [6.07, 6.45) is 0.134. The number of aliphatic carboxylic acids is 1. The Hall–Kier alpha value is -2.28. The molecule has 0 fully saturated rings. The molecule has 1 rings (SSSR count). The minimum atomic E-state index is -1.11. The Morgan fingerprint density at radius 3 is 2.33 bits per heavy atom. The highest BCUT2D eigenvalue weighted by Gasteiger charge is 2.25. The first-order chi connectivity index (χ1) is 9.72. The molecule has 0 spiro atoms. The van der Waals surface area contributed by atoms with Gasteiger partial charge in [0.2, 0.25) is 5.91 Å². The first-order valence-corrected chi connectivity index (χ1v) is 6.51. The van der Waals surface area contributed by atoms with Gasteiger partial charge in [-0.2, -0.15) is 0 Å². The third-order valence-electron chi connectivity index (χ3n) is 3.02. The van der Waals surface area contributed by atoms with Gasteiger partial charge in [0.05, 0.1) is 6.04 Å². The summed E-state index contributed by atoms with van der Waals surface area (Å²) in [5.41, 5.74) is 6.40. The molecule has 1 atom stereocenters. The fourth-order valence-electron chi connectivity index (χ4n) is 1.91. The Morgan fingerprint density at radius 2 is 1.86 bits per heavy atom. The molecule has 0 saturated heterocycles. The lowest BCUT2D eigenvalue weighted by atomic mass is 10.0. The molecule has 0 aliphatic rings. The Labute approximate surface area is 122 Å². The summed E-state index contributed by atoms with van der Waals surface area (Å²) in [4.78, 5) is 24.2. The fourth-order valence-corrected chi connectivity index (χ4v) is 1.91. The molecule has 116 valence electrons. The summed E-state index contributed by atoms with van der Waals surface area (Å²) in [6.45, 7) is 3.00. The maximum absolute atomic E-state index is 12.2. The van der Waals surface area contributed by atoms with Gasteiger partial charge in [-0.15, -0.1) is 0 Å². The number of hydrogen-bond donors (Lipinski definition) is 4. The topological polar surface area (TPSA) is 124 Å². The molecule has 1 aromatic rings. The van der Waals surface area contributed by atoms with Crippen LogP contribution in [0.1, 0.15) is 19.4 Å². The van der Waals surface area contributed by atoms with Crippen LogP contribution in [0.5, 0.6) is 11.5 Å². The number of hydrogen-bond acceptors (Lipinski definition) is 5. The van der Waals surface area contributed by atoms with Crippen molar-refractivity contribution in [2.45, 2.75) is 32.4 Å². The lowest BCUT2D eigenvalue weighted by Gasteiger charge is -2.27. The highest BCUT2D eigenvalue weighted by atomic mass is 16.4. The summed E-state index contributed by atoms with van der Waals surface area (Å²) in [5.74, 6) is -2.13. The van der Waals surface area contributed by atoms with Gasteiger partial charge >= 0.3 is 5.97 Å². The van der Waals surface area contributed by atoms with Crippen LogP contribution in [0.25, 0.3) is 0 Å². The third kappa shape index (κ3) is 4.64. The number of nitrogens with zero attached hydrogens (tertiary/aromatic N) is 1. The van der Waals surface area contributed by atoms with Crippen LogP contribution in [0.4, 0.5) is 0 Å². The van der Waals surface area contributed by atoms with E-state index in [2.05, 4.69) is 0 Å². The molecule has 7 nitrogen and oxygen atoms in total. The first kappa shape index (κ1) is 16.8. The van der Waals surface area contributed by atoms with Crippen molar-refractivity contribution in [1.82, 2.24) is 4.90 Å². The monoisotopic (exact) mass is 296 g/mol. The van der Waals surface area contributed by atoms with Gasteiger partial charge < -0.3 is 26.0 Å². The molecule has 0 radical (unpaired) electrons. The molecular weight excluding hydrogens is 276 g/mol. The average molecular weight is 296 g/mol. The van der Waals surface area contributed by atoms with E-state index in [1.54, 1.807) is 19.9 Å². The number of amides is 1. The van der Waals surface area contributed by atoms with Crippen molar-refractivity contribution in [1.29, 1.82) is 0 Å². The molecule has 21 heavy (non-hydrogen) atoms. The van der Waals surface area contributed by atoms with E-state index in [1.165, 1.54) is 17.0 Å². The zero-order valence-corrected chi connectivity index (χ0v) is 12.0. The van der Waals surface area contributed by atoms with E-state index < -0.39 is 24.5 Å². The van der Waals surface area contributed by atoms with Gasteiger partial charge in [0.1, 0.15) is 6.54 Å². The summed E-state index contributed by atoms with van der Waals surface area (Å²) in [6, 6.07) is 2.96. The van der Waals surface area contributed by atoms with E-state index >= 15 is 0 Å².